The van der Waals surface area contributed by atoms with E-state index in [1.54, 1.807) is 0 Å². The van der Waals surface area contributed by atoms with Gasteiger partial charge in [-0.15, -0.1) is 0 Å². The third-order valence-corrected chi connectivity index (χ3v) is 3.57. The van der Waals surface area contributed by atoms with Crippen molar-refractivity contribution in [2.45, 2.75) is 46.3 Å². The van der Waals surface area contributed by atoms with Gasteiger partial charge in [0.15, 0.2) is 0 Å². The molecule has 0 aliphatic carbocycles. The van der Waals surface area contributed by atoms with E-state index in [0.29, 0.717) is 12.1 Å². The fourth-order valence-corrected chi connectivity index (χ4v) is 2.61. The predicted octanol–water partition coefficient (Wildman–Crippen LogP) is 1.68. The minimum Gasteiger partial charge on any atom is -0.311 e. The van der Waals surface area contributed by atoms with Crippen LogP contribution >= 0.6 is 0 Å². The second kappa shape index (κ2) is 5.33. The van der Waals surface area contributed by atoms with E-state index in [-0.39, 0.29) is 5.41 Å². The number of aromatic nitrogens is 2. The van der Waals surface area contributed by atoms with Gasteiger partial charge < -0.3 is 5.32 Å². The number of nitrogens with one attached hydrogen (secondary N) is 1. The van der Waals surface area contributed by atoms with Crippen molar-refractivity contribution in [1.82, 2.24) is 20.2 Å². The third kappa shape index (κ3) is 3.27. The Labute approximate surface area is 110 Å². The maximum Gasteiger partial charge on any atom is 0.142 e. The first kappa shape index (κ1) is 13.4. The molecule has 1 N–H and O–H groups in total. The monoisotopic (exact) mass is 248 g/mol. The largest absolute Gasteiger partial charge is 0.311 e. The molecule has 2 atom stereocenters. The highest BCUT2D eigenvalue weighted by Crippen LogP contribution is 2.27. The lowest BCUT2D eigenvalue weighted by molar-refractivity contribution is 0.0505. The maximum atomic E-state index is 4.34. The second-order valence-corrected chi connectivity index (χ2v) is 6.29. The second-order valence-electron chi connectivity index (χ2n) is 6.29. The molecule has 4 nitrogen and oxygen atoms in total. The summed E-state index contributed by atoms with van der Waals surface area (Å²) in [6, 6.07) is 2.93. The fraction of sp³-hybridized carbons (Fsp3) is 0.714. The van der Waals surface area contributed by atoms with Gasteiger partial charge >= 0.3 is 0 Å². The molecule has 0 spiro atoms. The van der Waals surface area contributed by atoms with Gasteiger partial charge in [-0.05, 0) is 18.4 Å². The lowest BCUT2D eigenvalue weighted by Crippen LogP contribution is -2.59. The quantitative estimate of drug-likeness (QED) is 0.864. The Morgan fingerprint density at radius 2 is 2.00 bits per heavy atom. The Balaban J connectivity index is 2.11. The van der Waals surface area contributed by atoms with Gasteiger partial charge in [0.2, 0.25) is 0 Å². The Bertz CT molecular complexity index is 371. The molecule has 1 aliphatic rings. The van der Waals surface area contributed by atoms with Gasteiger partial charge in [-0.1, -0.05) is 20.8 Å². The topological polar surface area (TPSA) is 41.1 Å². The standard InChI is InChI=1S/C14H24N4/c1-11-9-18(10-13-15-6-5-7-16-13)12(8-17-11)14(2,3)4/h5-7,11-12,17H,8-10H2,1-4H3. The SMILES string of the molecule is CC1CN(Cc2ncccn2)C(C(C)(C)C)CN1. The highest BCUT2D eigenvalue weighted by molar-refractivity contribution is 4.95. The van der Waals surface area contributed by atoms with Gasteiger partial charge in [-0.2, -0.15) is 0 Å². The molecule has 0 amide bonds. The van der Waals surface area contributed by atoms with Crippen molar-refractivity contribution in [3.63, 3.8) is 0 Å². The van der Waals surface area contributed by atoms with E-state index in [9.17, 15) is 0 Å². The molecule has 2 unspecified atom stereocenters. The van der Waals surface area contributed by atoms with E-state index < -0.39 is 0 Å². The molecular formula is C14H24N4. The summed E-state index contributed by atoms with van der Waals surface area (Å²) in [5, 5.41) is 3.57. The summed E-state index contributed by atoms with van der Waals surface area (Å²) in [7, 11) is 0. The van der Waals surface area contributed by atoms with Crippen molar-refractivity contribution in [3.05, 3.63) is 24.3 Å². The zero-order valence-electron chi connectivity index (χ0n) is 11.8. The lowest BCUT2D eigenvalue weighted by Gasteiger charge is -2.45. The third-order valence-electron chi connectivity index (χ3n) is 3.57. The van der Waals surface area contributed by atoms with Crippen LogP contribution in [-0.2, 0) is 6.54 Å². The summed E-state index contributed by atoms with van der Waals surface area (Å²) in [5.41, 5.74) is 0.266. The minimum absolute atomic E-state index is 0.266. The summed E-state index contributed by atoms with van der Waals surface area (Å²) in [5.74, 6) is 0.917. The van der Waals surface area contributed by atoms with Gasteiger partial charge in [0.25, 0.3) is 0 Å². The number of nitrogens with zero attached hydrogens (tertiary/aromatic N) is 3. The van der Waals surface area contributed by atoms with Gasteiger partial charge in [-0.3, -0.25) is 4.90 Å². The zero-order valence-corrected chi connectivity index (χ0v) is 11.8. The Morgan fingerprint density at radius 1 is 1.33 bits per heavy atom. The summed E-state index contributed by atoms with van der Waals surface area (Å²) >= 11 is 0. The van der Waals surface area contributed by atoms with E-state index >= 15 is 0 Å². The van der Waals surface area contributed by atoms with Crippen LogP contribution in [-0.4, -0.2) is 40.0 Å². The van der Waals surface area contributed by atoms with Crippen molar-refractivity contribution in [2.24, 2.45) is 5.41 Å². The molecule has 1 aromatic heterocycles. The molecule has 1 saturated heterocycles. The van der Waals surface area contributed by atoms with E-state index in [1.807, 2.05) is 18.5 Å². The minimum atomic E-state index is 0.266. The van der Waals surface area contributed by atoms with E-state index in [2.05, 4.69) is 47.9 Å². The molecule has 4 heteroatoms. The highest BCUT2D eigenvalue weighted by Gasteiger charge is 2.34. The first-order valence-corrected chi connectivity index (χ1v) is 6.70. The molecule has 0 bridgehead atoms. The van der Waals surface area contributed by atoms with Crippen LogP contribution in [0.1, 0.15) is 33.5 Å². The van der Waals surface area contributed by atoms with E-state index in [4.69, 9.17) is 0 Å². The Kier molecular flexibility index (Phi) is 3.97. The summed E-state index contributed by atoms with van der Waals surface area (Å²) < 4.78 is 0. The zero-order chi connectivity index (χ0) is 13.2. The van der Waals surface area contributed by atoms with Crippen LogP contribution < -0.4 is 5.32 Å². The smallest absolute Gasteiger partial charge is 0.142 e. The first-order chi connectivity index (χ1) is 8.47. The molecule has 100 valence electrons. The molecule has 1 aliphatic heterocycles. The predicted molar refractivity (Wildman–Crippen MR) is 73.1 cm³/mol. The van der Waals surface area contributed by atoms with E-state index in [1.165, 1.54) is 0 Å². The average molecular weight is 248 g/mol. The van der Waals surface area contributed by atoms with Crippen LogP contribution in [0.25, 0.3) is 0 Å². The Hall–Kier alpha value is -1.00. The van der Waals surface area contributed by atoms with Crippen molar-refractivity contribution in [3.8, 4) is 0 Å². The molecule has 1 fully saturated rings. The number of rotatable bonds is 2. The van der Waals surface area contributed by atoms with Crippen molar-refractivity contribution < 1.29 is 0 Å². The van der Waals surface area contributed by atoms with Crippen LogP contribution in [0.5, 0.6) is 0 Å². The molecule has 0 saturated carbocycles. The number of piperazine rings is 1. The highest BCUT2D eigenvalue weighted by atomic mass is 15.2. The molecular weight excluding hydrogens is 224 g/mol. The Morgan fingerprint density at radius 3 is 2.61 bits per heavy atom. The van der Waals surface area contributed by atoms with Crippen molar-refractivity contribution >= 4 is 0 Å². The molecule has 0 aromatic carbocycles. The number of hydrogen-bond donors (Lipinski definition) is 1. The van der Waals surface area contributed by atoms with Crippen LogP contribution in [0, 0.1) is 5.41 Å². The van der Waals surface area contributed by atoms with Crippen molar-refractivity contribution in [1.29, 1.82) is 0 Å². The lowest BCUT2D eigenvalue weighted by atomic mass is 9.84. The van der Waals surface area contributed by atoms with Gasteiger partial charge in [-0.25, -0.2) is 9.97 Å². The molecule has 0 radical (unpaired) electrons. The average Bonchev–Trinajstić information content (AvgIpc) is 2.28. The molecule has 2 heterocycles. The first-order valence-electron chi connectivity index (χ1n) is 6.70. The van der Waals surface area contributed by atoms with Gasteiger partial charge in [0, 0.05) is 37.6 Å². The molecule has 18 heavy (non-hydrogen) atoms. The van der Waals surface area contributed by atoms with Crippen LogP contribution in [0.2, 0.25) is 0 Å². The molecule has 1 aromatic rings. The van der Waals surface area contributed by atoms with Crippen LogP contribution in [0.3, 0.4) is 0 Å². The van der Waals surface area contributed by atoms with Crippen LogP contribution in [0.4, 0.5) is 0 Å². The van der Waals surface area contributed by atoms with Crippen LogP contribution in [0.15, 0.2) is 18.5 Å². The summed E-state index contributed by atoms with van der Waals surface area (Å²) in [6.07, 6.45) is 3.64. The fourth-order valence-electron chi connectivity index (χ4n) is 2.61. The van der Waals surface area contributed by atoms with Gasteiger partial charge in [0.05, 0.1) is 6.54 Å². The summed E-state index contributed by atoms with van der Waals surface area (Å²) in [6.45, 7) is 12.1. The van der Waals surface area contributed by atoms with E-state index in [0.717, 1.165) is 25.5 Å². The molecule has 2 rings (SSSR count). The van der Waals surface area contributed by atoms with Gasteiger partial charge in [0.1, 0.15) is 5.82 Å². The van der Waals surface area contributed by atoms with Crippen molar-refractivity contribution in [2.75, 3.05) is 13.1 Å². The summed E-state index contributed by atoms with van der Waals surface area (Å²) in [4.78, 5) is 11.2. The normalized spacial score (nSPS) is 26.2. The number of hydrogen-bond acceptors (Lipinski definition) is 4. The maximum absolute atomic E-state index is 4.34.